The Hall–Kier alpha value is -2.05. The van der Waals surface area contributed by atoms with Crippen LogP contribution in [-0.2, 0) is 9.53 Å². The van der Waals surface area contributed by atoms with Crippen LogP contribution in [0.15, 0.2) is 24.3 Å². The zero-order valence-corrected chi connectivity index (χ0v) is 18.8. The Kier molecular flexibility index (Phi) is 8.16. The van der Waals surface area contributed by atoms with E-state index < -0.39 is 0 Å². The van der Waals surface area contributed by atoms with E-state index in [9.17, 15) is 4.79 Å². The molecule has 1 aromatic carbocycles. The van der Waals surface area contributed by atoms with Crippen molar-refractivity contribution in [3.8, 4) is 11.5 Å². The molecule has 30 heavy (non-hydrogen) atoms. The van der Waals surface area contributed by atoms with Gasteiger partial charge in [0.25, 0.3) is 5.91 Å². The number of benzene rings is 1. The Labute approximate surface area is 180 Å². The second-order valence-corrected chi connectivity index (χ2v) is 8.50. The van der Waals surface area contributed by atoms with E-state index in [4.69, 9.17) is 14.2 Å². The molecule has 0 aliphatic carbocycles. The quantitative estimate of drug-likeness (QED) is 0.681. The van der Waals surface area contributed by atoms with Crippen molar-refractivity contribution in [2.24, 2.45) is 5.92 Å². The van der Waals surface area contributed by atoms with E-state index in [1.807, 2.05) is 42.2 Å². The molecule has 1 amide bonds. The molecular formula is C24H36N2O4. The largest absolute Gasteiger partial charge is 0.493 e. The molecule has 1 aromatic rings. The summed E-state index contributed by atoms with van der Waals surface area (Å²) in [6.07, 6.45) is 6.68. The molecular weight excluding hydrogens is 380 g/mol. The molecule has 0 N–H and O–H groups in total. The first-order valence-electron chi connectivity index (χ1n) is 11.1. The third-order valence-electron chi connectivity index (χ3n) is 5.88. The van der Waals surface area contributed by atoms with Crippen molar-refractivity contribution in [1.82, 2.24) is 9.80 Å². The molecule has 0 spiro atoms. The molecule has 166 valence electrons. The Morgan fingerprint density at radius 3 is 2.50 bits per heavy atom. The zero-order valence-electron chi connectivity index (χ0n) is 18.8. The molecule has 0 aromatic heterocycles. The summed E-state index contributed by atoms with van der Waals surface area (Å²) < 4.78 is 17.0. The first-order valence-corrected chi connectivity index (χ1v) is 11.1. The number of hydrogen-bond donors (Lipinski definition) is 0. The summed E-state index contributed by atoms with van der Waals surface area (Å²) in [6, 6.07) is 5.73. The van der Waals surface area contributed by atoms with Gasteiger partial charge in [-0.05, 0) is 57.2 Å². The number of morpholine rings is 1. The van der Waals surface area contributed by atoms with Gasteiger partial charge in [0.05, 0.1) is 19.3 Å². The molecule has 2 aliphatic rings. The molecule has 2 fully saturated rings. The SMILES string of the molecule is C/C=C/c1ccc(OCC(=O)N2CCC(CN3CC(C)OC(C)C3)CC2)c(OC)c1. The van der Waals surface area contributed by atoms with E-state index in [-0.39, 0.29) is 12.5 Å². The summed E-state index contributed by atoms with van der Waals surface area (Å²) in [7, 11) is 1.62. The second kappa shape index (κ2) is 10.8. The number of allylic oxidation sites excluding steroid dienone is 1. The predicted molar refractivity (Wildman–Crippen MR) is 119 cm³/mol. The van der Waals surface area contributed by atoms with Gasteiger partial charge in [-0.2, -0.15) is 0 Å². The molecule has 0 bridgehead atoms. The van der Waals surface area contributed by atoms with Crippen LogP contribution in [-0.4, -0.2) is 74.4 Å². The van der Waals surface area contributed by atoms with Crippen LogP contribution < -0.4 is 9.47 Å². The molecule has 2 unspecified atom stereocenters. The fourth-order valence-corrected chi connectivity index (χ4v) is 4.49. The third kappa shape index (κ3) is 6.22. The van der Waals surface area contributed by atoms with Crippen LogP contribution in [0, 0.1) is 5.92 Å². The van der Waals surface area contributed by atoms with Gasteiger partial charge in [-0.3, -0.25) is 9.69 Å². The maximum atomic E-state index is 12.6. The van der Waals surface area contributed by atoms with Crippen LogP contribution in [0.5, 0.6) is 11.5 Å². The van der Waals surface area contributed by atoms with Crippen molar-refractivity contribution in [3.05, 3.63) is 29.8 Å². The van der Waals surface area contributed by atoms with E-state index in [0.29, 0.717) is 29.6 Å². The zero-order chi connectivity index (χ0) is 21.5. The molecule has 2 saturated heterocycles. The second-order valence-electron chi connectivity index (χ2n) is 8.50. The molecule has 2 heterocycles. The van der Waals surface area contributed by atoms with Crippen LogP contribution in [0.1, 0.15) is 39.2 Å². The highest BCUT2D eigenvalue weighted by atomic mass is 16.5. The van der Waals surface area contributed by atoms with Crippen LogP contribution in [0.25, 0.3) is 6.08 Å². The number of rotatable bonds is 7. The first-order chi connectivity index (χ1) is 14.5. The van der Waals surface area contributed by atoms with Crippen molar-refractivity contribution >= 4 is 12.0 Å². The number of carbonyl (C=O) groups excluding carboxylic acids is 1. The average Bonchev–Trinajstić information content (AvgIpc) is 2.72. The highest BCUT2D eigenvalue weighted by Gasteiger charge is 2.28. The van der Waals surface area contributed by atoms with Gasteiger partial charge in [0, 0.05) is 32.7 Å². The lowest BCUT2D eigenvalue weighted by Gasteiger charge is -2.39. The predicted octanol–water partition coefficient (Wildman–Crippen LogP) is 3.45. The summed E-state index contributed by atoms with van der Waals surface area (Å²) in [5, 5.41) is 0. The maximum absolute atomic E-state index is 12.6. The van der Waals surface area contributed by atoms with E-state index in [0.717, 1.165) is 51.1 Å². The Morgan fingerprint density at radius 1 is 1.17 bits per heavy atom. The number of hydrogen-bond acceptors (Lipinski definition) is 5. The molecule has 2 atom stereocenters. The van der Waals surface area contributed by atoms with Crippen LogP contribution in [0.2, 0.25) is 0 Å². The monoisotopic (exact) mass is 416 g/mol. The van der Waals surface area contributed by atoms with Crippen molar-refractivity contribution < 1.29 is 19.0 Å². The third-order valence-corrected chi connectivity index (χ3v) is 5.88. The average molecular weight is 417 g/mol. The van der Waals surface area contributed by atoms with Gasteiger partial charge in [-0.25, -0.2) is 0 Å². The van der Waals surface area contributed by atoms with Gasteiger partial charge in [0.15, 0.2) is 18.1 Å². The van der Waals surface area contributed by atoms with E-state index >= 15 is 0 Å². The van der Waals surface area contributed by atoms with Gasteiger partial charge in [0.1, 0.15) is 0 Å². The highest BCUT2D eigenvalue weighted by Crippen LogP contribution is 2.29. The Morgan fingerprint density at radius 2 is 1.87 bits per heavy atom. The Bertz CT molecular complexity index is 718. The smallest absolute Gasteiger partial charge is 0.260 e. The summed E-state index contributed by atoms with van der Waals surface area (Å²) >= 11 is 0. The summed E-state index contributed by atoms with van der Waals surface area (Å²) in [6.45, 7) is 11.0. The number of nitrogens with zero attached hydrogens (tertiary/aromatic N) is 2. The number of amides is 1. The van der Waals surface area contributed by atoms with Gasteiger partial charge < -0.3 is 19.1 Å². The van der Waals surface area contributed by atoms with Gasteiger partial charge in [-0.1, -0.05) is 18.2 Å². The van der Waals surface area contributed by atoms with Crippen molar-refractivity contribution in [3.63, 3.8) is 0 Å². The minimum atomic E-state index is 0.0432. The van der Waals surface area contributed by atoms with Crippen molar-refractivity contribution in [1.29, 1.82) is 0 Å². The topological polar surface area (TPSA) is 51.2 Å². The maximum Gasteiger partial charge on any atom is 0.260 e. The lowest BCUT2D eigenvalue weighted by molar-refractivity contribution is -0.135. The van der Waals surface area contributed by atoms with Crippen molar-refractivity contribution in [2.45, 2.75) is 45.8 Å². The standard InChI is InChI=1S/C24H36N2O4/c1-5-6-20-7-8-22(23(13-20)28-4)29-17-24(27)26-11-9-21(10-12-26)16-25-14-18(2)30-19(3)15-25/h5-8,13,18-19,21H,9-12,14-17H2,1-4H3/b6-5+. The van der Waals surface area contributed by atoms with Crippen LogP contribution >= 0.6 is 0 Å². The van der Waals surface area contributed by atoms with E-state index in [2.05, 4.69) is 18.7 Å². The van der Waals surface area contributed by atoms with E-state index in [1.54, 1.807) is 7.11 Å². The minimum Gasteiger partial charge on any atom is -0.493 e. The number of likely N-dealkylation sites (tertiary alicyclic amines) is 1. The fourth-order valence-electron chi connectivity index (χ4n) is 4.49. The van der Waals surface area contributed by atoms with Crippen LogP contribution in [0.3, 0.4) is 0 Å². The molecule has 3 rings (SSSR count). The lowest BCUT2D eigenvalue weighted by atomic mass is 9.95. The van der Waals surface area contributed by atoms with Gasteiger partial charge in [0.2, 0.25) is 0 Å². The first kappa shape index (κ1) is 22.6. The lowest BCUT2D eigenvalue weighted by Crippen LogP contribution is -2.49. The van der Waals surface area contributed by atoms with Crippen LogP contribution in [0.4, 0.5) is 0 Å². The van der Waals surface area contributed by atoms with E-state index in [1.165, 1.54) is 0 Å². The number of methoxy groups -OCH3 is 1. The van der Waals surface area contributed by atoms with Gasteiger partial charge in [-0.15, -0.1) is 0 Å². The fraction of sp³-hybridized carbons (Fsp3) is 0.625. The Balaban J connectivity index is 1.44. The highest BCUT2D eigenvalue weighted by molar-refractivity contribution is 5.78. The number of ether oxygens (including phenoxy) is 3. The molecule has 2 aliphatic heterocycles. The summed E-state index contributed by atoms with van der Waals surface area (Å²) in [5.41, 5.74) is 1.04. The summed E-state index contributed by atoms with van der Waals surface area (Å²) in [5.74, 6) is 1.93. The summed E-state index contributed by atoms with van der Waals surface area (Å²) in [4.78, 5) is 17.1. The van der Waals surface area contributed by atoms with Crippen molar-refractivity contribution in [2.75, 3.05) is 46.4 Å². The van der Waals surface area contributed by atoms with Gasteiger partial charge >= 0.3 is 0 Å². The molecule has 0 radical (unpaired) electrons. The molecule has 6 nitrogen and oxygen atoms in total. The minimum absolute atomic E-state index is 0.0432. The number of piperidine rings is 1. The molecule has 0 saturated carbocycles. The normalized spacial score (nSPS) is 23.7. The number of carbonyl (C=O) groups is 1. The molecule has 6 heteroatoms.